The Morgan fingerprint density at radius 1 is 1.28 bits per heavy atom. The molecule has 3 atom stereocenters. The third-order valence-electron chi connectivity index (χ3n) is 7.93. The number of aromatic nitrogens is 3. The van der Waals surface area contributed by atoms with Crippen LogP contribution in [-0.4, -0.2) is 76.6 Å². The maximum absolute atomic E-state index is 13.5. The van der Waals surface area contributed by atoms with Crippen LogP contribution in [0, 0.1) is 0 Å². The number of amides is 3. The molecule has 6 rings (SSSR count). The molecule has 3 amide bonds. The van der Waals surface area contributed by atoms with E-state index in [9.17, 15) is 39.4 Å². The summed E-state index contributed by atoms with van der Waals surface area (Å²) in [5.74, 6) is -3.86. The van der Waals surface area contributed by atoms with E-state index in [1.165, 1.54) is 33.3 Å². The average molecular weight is 687 g/mol. The van der Waals surface area contributed by atoms with E-state index in [2.05, 4.69) is 20.2 Å². The van der Waals surface area contributed by atoms with Crippen molar-refractivity contribution in [2.45, 2.75) is 41.6 Å². The molecular weight excluding hydrogens is 659 g/mol. The number of thioether (sulfide) groups is 2. The maximum atomic E-state index is 13.5. The minimum Gasteiger partial charge on any atom is -0.503 e. The number of thiazole rings is 1. The first-order valence-electron chi connectivity index (χ1n) is 13.9. The predicted molar refractivity (Wildman–Crippen MR) is 166 cm³/mol. The third kappa shape index (κ3) is 5.67. The van der Waals surface area contributed by atoms with E-state index in [-0.39, 0.29) is 21.3 Å². The highest BCUT2D eigenvalue weighted by Crippen LogP contribution is 2.42. The number of nitrogen functional groups attached to an aromatic ring is 1. The van der Waals surface area contributed by atoms with Gasteiger partial charge < -0.3 is 31.8 Å². The number of carbonyl (C=O) groups is 4. The van der Waals surface area contributed by atoms with Crippen molar-refractivity contribution in [3.05, 3.63) is 74.0 Å². The van der Waals surface area contributed by atoms with E-state index in [0.29, 0.717) is 29.3 Å². The lowest BCUT2D eigenvalue weighted by Gasteiger charge is -2.49. The van der Waals surface area contributed by atoms with Crippen LogP contribution in [0.4, 0.5) is 5.13 Å². The minimum atomic E-state index is -1.50. The number of aromatic hydroxyl groups is 1. The van der Waals surface area contributed by atoms with Gasteiger partial charge in [-0.15, -0.1) is 34.9 Å². The van der Waals surface area contributed by atoms with Gasteiger partial charge in [-0.25, -0.2) is 14.3 Å². The fourth-order valence-corrected chi connectivity index (χ4v) is 8.86. The molecule has 1 aliphatic carbocycles. The monoisotopic (exact) mass is 686 g/mol. The van der Waals surface area contributed by atoms with Crippen molar-refractivity contribution in [2.75, 3.05) is 17.2 Å². The Labute approximate surface area is 273 Å². The van der Waals surface area contributed by atoms with Crippen LogP contribution in [0.3, 0.4) is 0 Å². The van der Waals surface area contributed by atoms with Gasteiger partial charge in [-0.05, 0) is 18.4 Å². The number of nitrogens with zero attached hydrogens (tertiary/aromatic N) is 4. The Kier molecular flexibility index (Phi) is 8.43. The molecule has 18 heteroatoms. The van der Waals surface area contributed by atoms with Gasteiger partial charge in [0, 0.05) is 45.9 Å². The van der Waals surface area contributed by atoms with Gasteiger partial charge in [0.05, 0.1) is 11.9 Å². The molecule has 0 radical (unpaired) electrons. The molecule has 0 spiro atoms. The number of hydrogen-bond acceptors (Lipinski definition) is 12. The van der Waals surface area contributed by atoms with Crippen molar-refractivity contribution in [3.8, 4) is 5.75 Å². The molecule has 3 aromatic rings. The van der Waals surface area contributed by atoms with E-state index in [1.54, 1.807) is 11.8 Å². The summed E-state index contributed by atoms with van der Waals surface area (Å²) < 4.78 is 2.34. The lowest BCUT2D eigenvalue weighted by molar-refractivity contribution is -0.679. The van der Waals surface area contributed by atoms with Gasteiger partial charge in [0.1, 0.15) is 29.9 Å². The van der Waals surface area contributed by atoms with Crippen molar-refractivity contribution in [2.24, 2.45) is 7.05 Å². The molecule has 0 aromatic carbocycles. The van der Waals surface area contributed by atoms with Crippen LogP contribution in [0.2, 0.25) is 0 Å². The Balaban J connectivity index is 1.19. The Bertz CT molecular complexity index is 1890. The molecule has 2 aliphatic heterocycles. The molecule has 46 heavy (non-hydrogen) atoms. The van der Waals surface area contributed by atoms with Gasteiger partial charge in [-0.3, -0.25) is 24.1 Å². The molecule has 0 saturated carbocycles. The number of anilines is 1. The second-order valence-corrected chi connectivity index (χ2v) is 13.8. The molecule has 1 fully saturated rings. The van der Waals surface area contributed by atoms with E-state index in [1.807, 2.05) is 19.3 Å². The second-order valence-electron chi connectivity index (χ2n) is 10.8. The van der Waals surface area contributed by atoms with Gasteiger partial charge in [0.15, 0.2) is 28.8 Å². The van der Waals surface area contributed by atoms with E-state index in [0.717, 1.165) is 35.5 Å². The minimum absolute atomic E-state index is 0.0327. The number of carboxylic acids is 1. The Morgan fingerprint density at radius 3 is 2.78 bits per heavy atom. The Morgan fingerprint density at radius 2 is 2.07 bits per heavy atom. The molecule has 1 saturated heterocycles. The summed E-state index contributed by atoms with van der Waals surface area (Å²) >= 11 is 3.87. The van der Waals surface area contributed by atoms with Crippen molar-refractivity contribution < 1.29 is 39.2 Å². The largest absolute Gasteiger partial charge is 0.503 e. The number of nitrogens with two attached hydrogens (primary N) is 1. The number of carbonyl (C=O) groups excluding carboxylic acids is 3. The molecule has 0 bridgehead atoms. The van der Waals surface area contributed by atoms with E-state index >= 15 is 0 Å². The van der Waals surface area contributed by atoms with Gasteiger partial charge >= 0.3 is 5.97 Å². The summed E-state index contributed by atoms with van der Waals surface area (Å²) in [6, 6.07) is 0.109. The normalized spacial score (nSPS) is 19.2. The average Bonchev–Trinajstić information content (AvgIpc) is 3.69. The molecule has 3 aromatic heterocycles. The standard InChI is InChI=1S/C28H27N7O8S3/c1-33-6-5-19(13-3-2-4-15(13)33)44-9-12-10-45-26-21(25(40)35(26)22(12)27(41)42)32-24(39)20(14-11-46-28(29)30-14)31-23(38)16-7-17(36)18(37)8-34(16)43/h5-8,11,20-21,26,43H,2-4,9-10H2,1H3,(H5-,29,30,31,32,37,38,39,41,42)/p+1/t20?,21-,26-/m1/s1. The summed E-state index contributed by atoms with van der Waals surface area (Å²) in [6.45, 7) is 0. The number of nitrogens with one attached hydrogen (secondary N) is 2. The number of aryl methyl sites for hydroxylation is 1. The van der Waals surface area contributed by atoms with Gasteiger partial charge in [-0.2, -0.15) is 4.73 Å². The SMILES string of the molecule is C[n+]1ccc(SCC2=C(C(=O)O)N3C(=O)[C@@H](NC(=O)C(NC(=O)c4cc(=O)c(O)cn4O)c4csc(N)n4)[C@H]3SC2)c2c1CCC2. The van der Waals surface area contributed by atoms with Gasteiger partial charge in [-0.1, -0.05) is 0 Å². The molecule has 240 valence electrons. The quantitative estimate of drug-likeness (QED) is 0.0767. The fraction of sp³-hybridized carbons (Fsp3) is 0.321. The van der Waals surface area contributed by atoms with Crippen molar-refractivity contribution in [1.29, 1.82) is 0 Å². The smallest absolute Gasteiger partial charge is 0.352 e. The summed E-state index contributed by atoms with van der Waals surface area (Å²) in [7, 11) is 2.01. The topological polar surface area (TPSA) is 221 Å². The fourth-order valence-electron chi connectivity index (χ4n) is 5.68. The molecule has 3 aliphatic rings. The highest BCUT2D eigenvalue weighted by molar-refractivity contribution is 8.01. The molecule has 15 nitrogen and oxygen atoms in total. The summed E-state index contributed by atoms with van der Waals surface area (Å²) in [5, 5.41) is 35.4. The zero-order chi connectivity index (χ0) is 32.9. The first-order valence-corrected chi connectivity index (χ1v) is 16.9. The van der Waals surface area contributed by atoms with E-state index in [4.69, 9.17) is 5.73 Å². The maximum Gasteiger partial charge on any atom is 0.352 e. The van der Waals surface area contributed by atoms with Crippen LogP contribution in [0.15, 0.2) is 50.9 Å². The van der Waals surface area contributed by atoms with E-state index < -0.39 is 58.0 Å². The second kappa shape index (κ2) is 12.3. The van der Waals surface area contributed by atoms with Crippen LogP contribution in [0.1, 0.15) is 39.9 Å². The summed E-state index contributed by atoms with van der Waals surface area (Å²) in [6.07, 6.45) is 5.65. The van der Waals surface area contributed by atoms with Crippen LogP contribution in [-0.2, 0) is 34.3 Å². The molecular formula is C28H28N7O8S3+. The first-order chi connectivity index (χ1) is 21.9. The lowest BCUT2D eigenvalue weighted by atomic mass is 10.0. The zero-order valence-electron chi connectivity index (χ0n) is 24.1. The zero-order valence-corrected chi connectivity index (χ0v) is 26.6. The van der Waals surface area contributed by atoms with Crippen molar-refractivity contribution >= 4 is 63.7 Å². The van der Waals surface area contributed by atoms with Crippen molar-refractivity contribution in [1.82, 2.24) is 25.2 Å². The third-order valence-corrected chi connectivity index (χ3v) is 11.1. The highest BCUT2D eigenvalue weighted by Gasteiger charge is 2.54. The highest BCUT2D eigenvalue weighted by atomic mass is 32.2. The van der Waals surface area contributed by atoms with Crippen LogP contribution >= 0.6 is 34.9 Å². The van der Waals surface area contributed by atoms with Gasteiger partial charge in [0.25, 0.3) is 11.8 Å². The lowest BCUT2D eigenvalue weighted by Crippen LogP contribution is -2.71. The van der Waals surface area contributed by atoms with Crippen LogP contribution in [0.25, 0.3) is 0 Å². The van der Waals surface area contributed by atoms with Crippen LogP contribution in [0.5, 0.6) is 5.75 Å². The number of pyridine rings is 2. The summed E-state index contributed by atoms with van der Waals surface area (Å²) in [5.41, 5.74) is 7.30. The molecule has 1 unspecified atom stereocenters. The number of rotatable bonds is 9. The van der Waals surface area contributed by atoms with Gasteiger partial charge in [0.2, 0.25) is 11.3 Å². The first kappa shape index (κ1) is 31.4. The van der Waals surface area contributed by atoms with Crippen molar-refractivity contribution in [3.63, 3.8) is 0 Å². The Hall–Kier alpha value is -4.55. The number of fused-ring (bicyclic) bond motifs is 2. The molecule has 5 heterocycles. The molecule has 7 N–H and O–H groups in total. The predicted octanol–water partition coefficient (Wildman–Crippen LogP) is 0.145. The number of carboxylic acid groups (broad SMARTS) is 1. The number of aliphatic carboxylic acids is 1. The van der Waals surface area contributed by atoms with Crippen LogP contribution < -0.4 is 26.4 Å². The number of hydrogen-bond donors (Lipinski definition) is 6. The summed E-state index contributed by atoms with van der Waals surface area (Å²) in [4.78, 5) is 70.5. The number of β-lactam (4-membered cyclic amide) rings is 1.